The molecule has 8 nitrogen and oxygen atoms in total. The molecule has 1 heterocycles. The van der Waals surface area contributed by atoms with Gasteiger partial charge >= 0.3 is 0 Å². The highest BCUT2D eigenvalue weighted by molar-refractivity contribution is 6.15. The van der Waals surface area contributed by atoms with Crippen molar-refractivity contribution in [3.63, 3.8) is 0 Å². The molecule has 1 aliphatic rings. The number of ether oxygens (including phenoxy) is 1. The smallest absolute Gasteiger partial charge is 0.282 e. The van der Waals surface area contributed by atoms with E-state index in [1.165, 1.54) is 0 Å². The number of nitrogens with one attached hydrogen (secondary N) is 1. The number of para-hydroxylation sites is 1. The molecule has 8 heteroatoms. The van der Waals surface area contributed by atoms with Crippen LogP contribution in [0, 0.1) is 5.41 Å². The molecule has 1 amide bonds. The zero-order chi connectivity index (χ0) is 15.4. The number of hydrazone groups is 1. The van der Waals surface area contributed by atoms with Crippen molar-refractivity contribution in [2.75, 3.05) is 6.61 Å². The zero-order valence-electron chi connectivity index (χ0n) is 11.8. The number of benzene rings is 1. The van der Waals surface area contributed by atoms with Crippen molar-refractivity contribution in [1.29, 1.82) is 5.41 Å². The predicted octanol–water partition coefficient (Wildman–Crippen LogP) is 1.65. The maximum atomic E-state index is 12.0. The molecule has 0 bridgehead atoms. The van der Waals surface area contributed by atoms with E-state index in [1.54, 1.807) is 25.1 Å². The Morgan fingerprint density at radius 1 is 1.52 bits per heavy atom. The molecule has 1 aromatic rings. The van der Waals surface area contributed by atoms with Gasteiger partial charge in [0.2, 0.25) is 5.96 Å². The summed E-state index contributed by atoms with van der Waals surface area (Å²) >= 11 is 0. The number of carbonyl (C=O) groups excluding carboxylic acids is 1. The van der Waals surface area contributed by atoms with Crippen molar-refractivity contribution in [2.24, 2.45) is 21.1 Å². The maximum absolute atomic E-state index is 12.0. The van der Waals surface area contributed by atoms with Crippen LogP contribution in [0.3, 0.4) is 0 Å². The van der Waals surface area contributed by atoms with E-state index < -0.39 is 17.9 Å². The zero-order valence-corrected chi connectivity index (χ0v) is 11.8. The fraction of sp³-hybridized carbons (Fsp3) is 0.308. The van der Waals surface area contributed by atoms with Crippen LogP contribution in [-0.2, 0) is 4.79 Å². The van der Waals surface area contributed by atoms with Gasteiger partial charge in [0.25, 0.3) is 5.91 Å². The van der Waals surface area contributed by atoms with Crippen LogP contribution in [0.1, 0.15) is 13.8 Å². The molecule has 1 atom stereocenters. The normalized spacial score (nSPS) is 18.2. The minimum Gasteiger partial charge on any atom is -0.492 e. The number of nitrogens with zero attached hydrogens (tertiary/aromatic N) is 4. The summed E-state index contributed by atoms with van der Waals surface area (Å²) in [5.74, 6) is -0.336. The number of azo groups is 1. The molecule has 1 aromatic carbocycles. The van der Waals surface area contributed by atoms with Gasteiger partial charge in [-0.05, 0) is 26.0 Å². The summed E-state index contributed by atoms with van der Waals surface area (Å²) in [6.07, 6.45) is 0. The summed E-state index contributed by atoms with van der Waals surface area (Å²) in [5.41, 5.74) is 6.24. The molecule has 0 radical (unpaired) electrons. The highest BCUT2D eigenvalue weighted by Crippen LogP contribution is 2.28. The maximum Gasteiger partial charge on any atom is 0.282 e. The second-order valence-corrected chi connectivity index (χ2v) is 4.30. The van der Waals surface area contributed by atoms with E-state index in [0.29, 0.717) is 23.8 Å². The first-order valence-corrected chi connectivity index (χ1v) is 6.40. The molecule has 0 aromatic heterocycles. The van der Waals surface area contributed by atoms with Crippen molar-refractivity contribution >= 4 is 23.3 Å². The molecule has 0 fully saturated rings. The third-order valence-corrected chi connectivity index (χ3v) is 2.77. The predicted molar refractivity (Wildman–Crippen MR) is 77.8 cm³/mol. The van der Waals surface area contributed by atoms with Gasteiger partial charge in [0.15, 0.2) is 6.04 Å². The first-order chi connectivity index (χ1) is 10.0. The Morgan fingerprint density at radius 2 is 2.24 bits per heavy atom. The van der Waals surface area contributed by atoms with Gasteiger partial charge in [-0.25, -0.2) is 0 Å². The minimum atomic E-state index is -0.858. The first-order valence-electron chi connectivity index (χ1n) is 6.40. The summed E-state index contributed by atoms with van der Waals surface area (Å²) in [5, 5.41) is 20.0. The first kappa shape index (κ1) is 14.6. The number of rotatable bonds is 4. The Labute approximate surface area is 121 Å². The molecule has 110 valence electrons. The lowest BCUT2D eigenvalue weighted by molar-refractivity contribution is -0.126. The van der Waals surface area contributed by atoms with Crippen molar-refractivity contribution in [3.8, 4) is 5.75 Å². The molecule has 1 unspecified atom stereocenters. The summed E-state index contributed by atoms with van der Waals surface area (Å²) < 4.78 is 5.43. The van der Waals surface area contributed by atoms with E-state index in [0.717, 1.165) is 5.01 Å². The van der Waals surface area contributed by atoms with E-state index >= 15 is 0 Å². The number of nitrogens with two attached hydrogens (primary N) is 1. The van der Waals surface area contributed by atoms with E-state index in [4.69, 9.17) is 15.9 Å². The fourth-order valence-electron chi connectivity index (χ4n) is 1.80. The molecule has 1 aliphatic heterocycles. The van der Waals surface area contributed by atoms with Crippen LogP contribution in [0.2, 0.25) is 0 Å². The third kappa shape index (κ3) is 3.04. The third-order valence-electron chi connectivity index (χ3n) is 2.77. The number of hydrogen-bond acceptors (Lipinski definition) is 6. The van der Waals surface area contributed by atoms with E-state index in [9.17, 15) is 4.79 Å². The van der Waals surface area contributed by atoms with Gasteiger partial charge in [-0.3, -0.25) is 10.2 Å². The van der Waals surface area contributed by atoms with Crippen molar-refractivity contribution in [2.45, 2.75) is 19.9 Å². The van der Waals surface area contributed by atoms with Crippen LogP contribution < -0.4 is 10.5 Å². The quantitative estimate of drug-likeness (QED) is 0.498. The van der Waals surface area contributed by atoms with Gasteiger partial charge in [0.1, 0.15) is 11.4 Å². The van der Waals surface area contributed by atoms with Crippen molar-refractivity contribution < 1.29 is 9.53 Å². The fourth-order valence-corrected chi connectivity index (χ4v) is 1.80. The highest BCUT2D eigenvalue weighted by atomic mass is 16.5. The summed E-state index contributed by atoms with van der Waals surface area (Å²) in [6, 6.07) is 6.29. The number of carbonyl (C=O) groups is 1. The average Bonchev–Trinajstić information content (AvgIpc) is 2.74. The lowest BCUT2D eigenvalue weighted by Crippen LogP contribution is -2.38. The molecule has 21 heavy (non-hydrogen) atoms. The van der Waals surface area contributed by atoms with Crippen LogP contribution in [0.5, 0.6) is 5.75 Å². The Bertz CT molecular complexity index is 625. The molecular formula is C13H16N6O2. The average molecular weight is 288 g/mol. The summed E-state index contributed by atoms with van der Waals surface area (Å²) in [7, 11) is 0. The van der Waals surface area contributed by atoms with Gasteiger partial charge in [-0.15, -0.1) is 0 Å². The van der Waals surface area contributed by atoms with Gasteiger partial charge < -0.3 is 10.5 Å². The molecule has 2 rings (SSSR count). The van der Waals surface area contributed by atoms with Gasteiger partial charge in [0.05, 0.1) is 12.3 Å². The van der Waals surface area contributed by atoms with Crippen molar-refractivity contribution in [3.05, 3.63) is 24.3 Å². The molecule has 0 saturated carbocycles. The number of guanidine groups is 1. The Kier molecular flexibility index (Phi) is 4.27. The SMILES string of the molecule is CCOc1ccccc1N=NC1C(=O)N(C(=N)N)N=C1C. The van der Waals surface area contributed by atoms with Crippen LogP contribution in [0.25, 0.3) is 0 Å². The molecular weight excluding hydrogens is 272 g/mol. The van der Waals surface area contributed by atoms with Crippen LogP contribution >= 0.6 is 0 Å². The summed E-state index contributed by atoms with van der Waals surface area (Å²) in [4.78, 5) is 12.0. The Morgan fingerprint density at radius 3 is 2.86 bits per heavy atom. The lowest BCUT2D eigenvalue weighted by Gasteiger charge is -2.09. The monoisotopic (exact) mass is 288 g/mol. The van der Waals surface area contributed by atoms with Crippen LogP contribution in [-0.4, -0.2) is 35.2 Å². The molecule has 0 aliphatic carbocycles. The van der Waals surface area contributed by atoms with Gasteiger partial charge in [0, 0.05) is 0 Å². The highest BCUT2D eigenvalue weighted by Gasteiger charge is 2.35. The van der Waals surface area contributed by atoms with Crippen molar-refractivity contribution in [1.82, 2.24) is 5.01 Å². The van der Waals surface area contributed by atoms with Gasteiger partial charge in [-0.2, -0.15) is 20.3 Å². The van der Waals surface area contributed by atoms with Crippen LogP contribution in [0.4, 0.5) is 5.69 Å². The summed E-state index contributed by atoms with van der Waals surface area (Å²) in [6.45, 7) is 4.02. The van der Waals surface area contributed by atoms with Gasteiger partial charge in [-0.1, -0.05) is 12.1 Å². The number of amides is 1. The lowest BCUT2D eigenvalue weighted by atomic mass is 10.2. The Hall–Kier alpha value is -2.77. The largest absolute Gasteiger partial charge is 0.492 e. The Balaban J connectivity index is 2.21. The molecule has 0 spiro atoms. The second-order valence-electron chi connectivity index (χ2n) is 4.30. The minimum absolute atomic E-state index is 0.438. The van der Waals surface area contributed by atoms with E-state index in [1.807, 2.05) is 13.0 Å². The van der Waals surface area contributed by atoms with Crippen LogP contribution in [0.15, 0.2) is 39.6 Å². The topological polar surface area (TPSA) is 116 Å². The molecule has 3 N–H and O–H groups in total. The molecule has 0 saturated heterocycles. The second kappa shape index (κ2) is 6.12. The standard InChI is InChI=1S/C13H16N6O2/c1-3-21-10-7-5-4-6-9(10)16-17-11-8(2)18-19(12(11)20)13(14)15/h4-7,11H,3H2,1-2H3,(H3,14,15). The van der Waals surface area contributed by atoms with E-state index in [2.05, 4.69) is 15.3 Å². The van der Waals surface area contributed by atoms with E-state index in [-0.39, 0.29) is 0 Å². The number of hydrogen-bond donors (Lipinski definition) is 2.